The second-order valence-corrected chi connectivity index (χ2v) is 5.52. The van der Waals surface area contributed by atoms with E-state index in [9.17, 15) is 0 Å². The Balaban J connectivity index is 2.00. The zero-order chi connectivity index (χ0) is 15.1. The zero-order valence-corrected chi connectivity index (χ0v) is 13.4. The van der Waals surface area contributed by atoms with Gasteiger partial charge in [0.1, 0.15) is 0 Å². The van der Waals surface area contributed by atoms with Crippen LogP contribution in [0.1, 0.15) is 31.9 Å². The lowest BCUT2D eigenvalue weighted by Gasteiger charge is -2.17. The monoisotopic (exact) mass is 298 g/mol. The molecule has 21 heavy (non-hydrogen) atoms. The molecule has 0 unspecified atom stereocenters. The summed E-state index contributed by atoms with van der Waals surface area (Å²) in [5.41, 5.74) is 3.71. The fourth-order valence-corrected chi connectivity index (χ4v) is 2.44. The Hall–Kier alpha value is -1.87. The molecule has 0 aliphatic carbocycles. The Labute approximate surface area is 132 Å². The van der Waals surface area contributed by atoms with Crippen molar-refractivity contribution in [3.63, 3.8) is 0 Å². The van der Waals surface area contributed by atoms with Crippen LogP contribution in [0.15, 0.2) is 54.6 Å². The van der Waals surface area contributed by atoms with Gasteiger partial charge in [0.2, 0.25) is 0 Å². The van der Waals surface area contributed by atoms with Crippen molar-refractivity contribution in [2.24, 2.45) is 0 Å². The highest BCUT2D eigenvalue weighted by molar-refractivity contribution is 7.80. The third-order valence-electron chi connectivity index (χ3n) is 3.40. The summed E-state index contributed by atoms with van der Waals surface area (Å²) >= 11 is 5.28. The van der Waals surface area contributed by atoms with Gasteiger partial charge in [-0.3, -0.25) is 0 Å². The molecule has 0 saturated carbocycles. The Morgan fingerprint density at radius 3 is 2.24 bits per heavy atom. The Kier molecular flexibility index (Phi) is 5.76. The molecular weight excluding hydrogens is 276 g/mol. The van der Waals surface area contributed by atoms with E-state index in [0.717, 1.165) is 18.1 Å². The molecular formula is C18H22N2S. The molecule has 0 fully saturated rings. The van der Waals surface area contributed by atoms with Crippen LogP contribution >= 0.6 is 12.2 Å². The van der Waals surface area contributed by atoms with Gasteiger partial charge in [-0.15, -0.1) is 0 Å². The van der Waals surface area contributed by atoms with Crippen LogP contribution in [-0.2, 0) is 0 Å². The molecule has 110 valence electrons. The van der Waals surface area contributed by atoms with Crippen molar-refractivity contribution >= 4 is 17.3 Å². The van der Waals surface area contributed by atoms with E-state index in [1.165, 1.54) is 16.7 Å². The highest BCUT2D eigenvalue weighted by atomic mass is 32.1. The molecule has 2 N–H and O–H groups in total. The second-order valence-electron chi connectivity index (χ2n) is 5.11. The summed E-state index contributed by atoms with van der Waals surface area (Å²) in [5, 5.41) is 7.22. The first-order valence-corrected chi connectivity index (χ1v) is 7.81. The van der Waals surface area contributed by atoms with Gasteiger partial charge in [0.05, 0.1) is 6.04 Å². The molecule has 0 aliphatic heterocycles. The van der Waals surface area contributed by atoms with Crippen molar-refractivity contribution in [1.82, 2.24) is 10.6 Å². The lowest BCUT2D eigenvalue weighted by atomic mass is 10.0. The second kappa shape index (κ2) is 7.79. The van der Waals surface area contributed by atoms with Crippen LogP contribution in [0.2, 0.25) is 0 Å². The number of hydrogen-bond acceptors (Lipinski definition) is 1. The van der Waals surface area contributed by atoms with Crippen LogP contribution in [0.25, 0.3) is 11.1 Å². The van der Waals surface area contributed by atoms with E-state index in [2.05, 4.69) is 73.0 Å². The van der Waals surface area contributed by atoms with Gasteiger partial charge >= 0.3 is 0 Å². The summed E-state index contributed by atoms with van der Waals surface area (Å²) in [6.45, 7) is 5.16. The highest BCUT2D eigenvalue weighted by Gasteiger charge is 2.07. The van der Waals surface area contributed by atoms with Crippen molar-refractivity contribution in [3.05, 3.63) is 60.2 Å². The molecule has 0 aliphatic rings. The van der Waals surface area contributed by atoms with Gasteiger partial charge in [0.25, 0.3) is 0 Å². The predicted molar refractivity (Wildman–Crippen MR) is 94.3 cm³/mol. The number of rotatable bonds is 5. The third kappa shape index (κ3) is 4.57. The minimum atomic E-state index is 0.201. The fraction of sp³-hybridized carbons (Fsp3) is 0.278. The van der Waals surface area contributed by atoms with Gasteiger partial charge in [-0.05, 0) is 42.3 Å². The molecule has 0 aromatic heterocycles. The first-order chi connectivity index (χ1) is 10.2. The summed E-state index contributed by atoms with van der Waals surface area (Å²) in [4.78, 5) is 0. The molecule has 3 heteroatoms. The van der Waals surface area contributed by atoms with Crippen molar-refractivity contribution in [3.8, 4) is 11.1 Å². The molecule has 0 amide bonds. The largest absolute Gasteiger partial charge is 0.363 e. The lowest BCUT2D eigenvalue weighted by molar-refractivity contribution is 0.694. The van der Waals surface area contributed by atoms with E-state index in [1.807, 2.05) is 6.07 Å². The molecule has 2 aromatic carbocycles. The van der Waals surface area contributed by atoms with Gasteiger partial charge in [-0.25, -0.2) is 0 Å². The third-order valence-corrected chi connectivity index (χ3v) is 3.66. The molecule has 0 bridgehead atoms. The molecule has 0 radical (unpaired) electrons. The van der Waals surface area contributed by atoms with Crippen LogP contribution < -0.4 is 10.6 Å². The summed E-state index contributed by atoms with van der Waals surface area (Å²) in [6, 6.07) is 19.2. The molecule has 0 saturated heterocycles. The highest BCUT2D eigenvalue weighted by Crippen LogP contribution is 2.21. The van der Waals surface area contributed by atoms with E-state index in [4.69, 9.17) is 12.2 Å². The maximum atomic E-state index is 5.28. The molecule has 0 spiro atoms. The maximum absolute atomic E-state index is 5.28. The number of nitrogens with one attached hydrogen (secondary N) is 2. The van der Waals surface area contributed by atoms with E-state index in [1.54, 1.807) is 0 Å². The quantitative estimate of drug-likeness (QED) is 0.805. The summed E-state index contributed by atoms with van der Waals surface area (Å²) in [5.74, 6) is 0. The van der Waals surface area contributed by atoms with E-state index < -0.39 is 0 Å². The fourth-order valence-electron chi connectivity index (χ4n) is 2.16. The first kappa shape index (κ1) is 15.5. The molecule has 2 rings (SSSR count). The Morgan fingerprint density at radius 1 is 1.00 bits per heavy atom. The maximum Gasteiger partial charge on any atom is 0.166 e. The Morgan fingerprint density at radius 2 is 1.62 bits per heavy atom. The molecule has 2 nitrogen and oxygen atoms in total. The average Bonchev–Trinajstić information content (AvgIpc) is 2.54. The molecule has 1 atom stereocenters. The Bertz CT molecular complexity index is 564. The van der Waals surface area contributed by atoms with Crippen LogP contribution in [0.4, 0.5) is 0 Å². The van der Waals surface area contributed by atoms with Crippen LogP contribution in [-0.4, -0.2) is 11.7 Å². The summed E-state index contributed by atoms with van der Waals surface area (Å²) in [6.07, 6.45) is 1.07. The minimum Gasteiger partial charge on any atom is -0.363 e. The van der Waals surface area contributed by atoms with Gasteiger partial charge in [0, 0.05) is 6.54 Å². The van der Waals surface area contributed by atoms with Crippen molar-refractivity contribution in [1.29, 1.82) is 0 Å². The lowest BCUT2D eigenvalue weighted by Crippen LogP contribution is -2.37. The van der Waals surface area contributed by atoms with Crippen LogP contribution in [0.5, 0.6) is 0 Å². The number of benzene rings is 2. The van der Waals surface area contributed by atoms with Crippen molar-refractivity contribution in [2.45, 2.75) is 26.3 Å². The smallest absolute Gasteiger partial charge is 0.166 e. The average molecular weight is 298 g/mol. The van der Waals surface area contributed by atoms with Crippen molar-refractivity contribution < 1.29 is 0 Å². The summed E-state index contributed by atoms with van der Waals surface area (Å²) in [7, 11) is 0. The standard InChI is InChI=1S/C18H22N2S/c1-3-13-19-18(21)20-14(2)15-9-11-17(12-10-15)16-7-5-4-6-8-16/h4-12,14H,3,13H2,1-2H3,(H2,19,20,21)/t14-/m1/s1. The van der Waals surface area contributed by atoms with Crippen molar-refractivity contribution in [2.75, 3.05) is 6.54 Å². The normalized spacial score (nSPS) is 11.7. The van der Waals surface area contributed by atoms with E-state index >= 15 is 0 Å². The van der Waals surface area contributed by atoms with Crippen LogP contribution in [0.3, 0.4) is 0 Å². The van der Waals surface area contributed by atoms with E-state index in [-0.39, 0.29) is 6.04 Å². The van der Waals surface area contributed by atoms with Gasteiger partial charge < -0.3 is 10.6 Å². The summed E-state index contributed by atoms with van der Waals surface area (Å²) < 4.78 is 0. The first-order valence-electron chi connectivity index (χ1n) is 7.40. The SMILES string of the molecule is CCCNC(=S)N[C@H](C)c1ccc(-c2ccccc2)cc1. The van der Waals surface area contributed by atoms with E-state index in [0.29, 0.717) is 0 Å². The molecule has 2 aromatic rings. The topological polar surface area (TPSA) is 24.1 Å². The van der Waals surface area contributed by atoms with Gasteiger partial charge in [-0.1, -0.05) is 61.5 Å². The zero-order valence-electron chi connectivity index (χ0n) is 12.6. The number of thiocarbonyl (C=S) groups is 1. The van der Waals surface area contributed by atoms with Crippen LogP contribution in [0, 0.1) is 0 Å². The minimum absolute atomic E-state index is 0.201. The predicted octanol–water partition coefficient (Wildman–Crippen LogP) is 4.29. The number of hydrogen-bond donors (Lipinski definition) is 2. The van der Waals surface area contributed by atoms with Gasteiger partial charge in [0.15, 0.2) is 5.11 Å². The van der Waals surface area contributed by atoms with Gasteiger partial charge in [-0.2, -0.15) is 0 Å². The molecule has 0 heterocycles.